The molecule has 0 aliphatic rings. The zero-order chi connectivity index (χ0) is 20.7. The summed E-state index contributed by atoms with van der Waals surface area (Å²) in [6.07, 6.45) is 0. The van der Waals surface area contributed by atoms with E-state index in [-0.39, 0.29) is 11.7 Å². The summed E-state index contributed by atoms with van der Waals surface area (Å²) in [5.74, 6) is 0.140. The van der Waals surface area contributed by atoms with Gasteiger partial charge in [0.1, 0.15) is 11.5 Å². The van der Waals surface area contributed by atoms with E-state index in [1.54, 1.807) is 18.2 Å². The Balaban J connectivity index is 1.84. The van der Waals surface area contributed by atoms with Crippen LogP contribution in [0.1, 0.15) is 21.5 Å². The van der Waals surface area contributed by atoms with E-state index in [1.807, 2.05) is 32.0 Å². The molecule has 7 nitrogen and oxygen atoms in total. The van der Waals surface area contributed by atoms with Crippen molar-refractivity contribution in [3.8, 4) is 11.5 Å². The predicted molar refractivity (Wildman–Crippen MR) is 113 cm³/mol. The lowest BCUT2D eigenvalue weighted by atomic mass is 10.1. The zero-order valence-electron chi connectivity index (χ0n) is 15.6. The molecule has 3 N–H and O–H groups in total. The van der Waals surface area contributed by atoms with E-state index in [9.17, 15) is 9.59 Å². The first-order chi connectivity index (χ1) is 13.3. The first-order valence-electron chi connectivity index (χ1n) is 8.24. The average molecular weight is 466 g/mol. The molecule has 28 heavy (non-hydrogen) atoms. The van der Waals surface area contributed by atoms with Crippen LogP contribution in [-0.4, -0.2) is 30.6 Å². The Morgan fingerprint density at radius 3 is 2.43 bits per heavy atom. The number of nitrogens with one attached hydrogen (secondary N) is 3. The molecule has 0 heterocycles. The summed E-state index contributed by atoms with van der Waals surface area (Å²) in [6, 6.07) is 10.7. The number of benzene rings is 2. The molecule has 2 rings (SSSR count). The van der Waals surface area contributed by atoms with Gasteiger partial charge in [0.05, 0.1) is 12.7 Å². The highest BCUT2D eigenvalue weighted by Gasteiger charge is 2.14. The van der Waals surface area contributed by atoms with Gasteiger partial charge in [0.15, 0.2) is 11.7 Å². The van der Waals surface area contributed by atoms with Gasteiger partial charge in [-0.2, -0.15) is 0 Å². The molecule has 0 fully saturated rings. The van der Waals surface area contributed by atoms with Crippen molar-refractivity contribution in [2.75, 3.05) is 13.7 Å². The fraction of sp³-hybridized carbons (Fsp3) is 0.211. The number of hydrogen-bond donors (Lipinski definition) is 3. The largest absolute Gasteiger partial charge is 0.496 e. The normalized spacial score (nSPS) is 10.0. The molecule has 0 bridgehead atoms. The van der Waals surface area contributed by atoms with E-state index in [2.05, 4.69) is 32.1 Å². The topological polar surface area (TPSA) is 88.7 Å². The number of carbonyl (C=O) groups excluding carboxylic acids is 2. The van der Waals surface area contributed by atoms with Crippen LogP contribution in [0.2, 0.25) is 0 Å². The van der Waals surface area contributed by atoms with Crippen LogP contribution in [0.3, 0.4) is 0 Å². The molecule has 0 spiro atoms. The summed E-state index contributed by atoms with van der Waals surface area (Å²) in [5.41, 5.74) is 7.02. The van der Waals surface area contributed by atoms with Gasteiger partial charge in [-0.25, -0.2) is 0 Å². The summed E-state index contributed by atoms with van der Waals surface area (Å²) < 4.78 is 11.4. The van der Waals surface area contributed by atoms with Crippen LogP contribution in [0.25, 0.3) is 0 Å². The van der Waals surface area contributed by atoms with Crippen LogP contribution in [0.4, 0.5) is 0 Å². The molecule has 0 aliphatic heterocycles. The number of thiocarbonyl (C=S) groups is 1. The standard InChI is InChI=1S/C19H20BrN3O4S/c1-11-5-4-6-12(2)17(11)27-10-16(24)22-23-19(28)21-18(25)14-9-13(20)7-8-15(14)26-3/h4-9H,10H2,1-3H3,(H,22,24)(H2,21,23,25,28). The van der Waals surface area contributed by atoms with Crippen molar-refractivity contribution in [2.45, 2.75) is 13.8 Å². The third-order valence-electron chi connectivity index (χ3n) is 3.71. The molecular weight excluding hydrogens is 446 g/mol. The molecule has 0 aliphatic carbocycles. The second-order valence-corrected chi connectivity index (χ2v) is 7.13. The van der Waals surface area contributed by atoms with Crippen LogP contribution in [0, 0.1) is 13.8 Å². The Morgan fingerprint density at radius 2 is 1.79 bits per heavy atom. The van der Waals surface area contributed by atoms with E-state index < -0.39 is 11.8 Å². The quantitative estimate of drug-likeness (QED) is 0.464. The Labute approximate surface area is 176 Å². The van der Waals surface area contributed by atoms with Gasteiger partial charge in [-0.05, 0) is 55.4 Å². The van der Waals surface area contributed by atoms with E-state index >= 15 is 0 Å². The smallest absolute Gasteiger partial charge is 0.276 e. The third-order valence-corrected chi connectivity index (χ3v) is 4.40. The molecule has 9 heteroatoms. The molecule has 148 valence electrons. The molecule has 0 radical (unpaired) electrons. The van der Waals surface area contributed by atoms with Crippen molar-refractivity contribution in [3.05, 3.63) is 57.6 Å². The molecule has 2 aromatic rings. The van der Waals surface area contributed by atoms with Gasteiger partial charge in [0, 0.05) is 4.47 Å². The number of carbonyl (C=O) groups is 2. The van der Waals surface area contributed by atoms with Gasteiger partial charge >= 0.3 is 0 Å². The third kappa shape index (κ3) is 5.93. The predicted octanol–water partition coefficient (Wildman–Crippen LogP) is 2.79. The Hall–Kier alpha value is -2.65. The highest BCUT2D eigenvalue weighted by molar-refractivity contribution is 9.10. The number of rotatable bonds is 5. The number of aryl methyl sites for hydroxylation is 2. The van der Waals surface area contributed by atoms with Crippen molar-refractivity contribution >= 4 is 45.1 Å². The molecule has 0 aromatic heterocycles. The Bertz CT molecular complexity index is 884. The van der Waals surface area contributed by atoms with Gasteiger partial charge in [-0.3, -0.25) is 25.8 Å². The average Bonchev–Trinajstić information content (AvgIpc) is 2.66. The number of hydrazine groups is 1. The van der Waals surface area contributed by atoms with Gasteiger partial charge in [-0.1, -0.05) is 34.1 Å². The second kappa shape index (κ2) is 10.0. The minimum Gasteiger partial charge on any atom is -0.496 e. The van der Waals surface area contributed by atoms with Gasteiger partial charge in [-0.15, -0.1) is 0 Å². The molecular formula is C19H20BrN3O4S. The lowest BCUT2D eigenvalue weighted by molar-refractivity contribution is -0.123. The van der Waals surface area contributed by atoms with Crippen LogP contribution in [-0.2, 0) is 4.79 Å². The number of halogens is 1. The van der Waals surface area contributed by atoms with Crippen molar-refractivity contribution < 1.29 is 19.1 Å². The van der Waals surface area contributed by atoms with Crippen molar-refractivity contribution in [1.29, 1.82) is 0 Å². The number of ether oxygens (including phenoxy) is 2. The van der Waals surface area contributed by atoms with Crippen molar-refractivity contribution in [1.82, 2.24) is 16.2 Å². The van der Waals surface area contributed by atoms with Crippen molar-refractivity contribution in [3.63, 3.8) is 0 Å². The minimum atomic E-state index is -0.475. The number of amides is 2. The summed E-state index contributed by atoms with van der Waals surface area (Å²) in [6.45, 7) is 3.60. The lowest BCUT2D eigenvalue weighted by Crippen LogP contribution is -2.49. The zero-order valence-corrected chi connectivity index (χ0v) is 18.0. The lowest BCUT2D eigenvalue weighted by Gasteiger charge is -2.14. The highest BCUT2D eigenvalue weighted by Crippen LogP contribution is 2.23. The summed E-state index contributed by atoms with van der Waals surface area (Å²) in [4.78, 5) is 24.3. The maximum absolute atomic E-state index is 12.3. The Morgan fingerprint density at radius 1 is 1.11 bits per heavy atom. The van der Waals surface area contributed by atoms with E-state index in [1.165, 1.54) is 7.11 Å². The van der Waals surface area contributed by atoms with Crippen LogP contribution in [0.5, 0.6) is 11.5 Å². The monoisotopic (exact) mass is 465 g/mol. The van der Waals surface area contributed by atoms with E-state index in [4.69, 9.17) is 21.7 Å². The SMILES string of the molecule is COc1ccc(Br)cc1C(=O)NC(=S)NNC(=O)COc1c(C)cccc1C. The Kier molecular flexibility index (Phi) is 7.77. The summed E-state index contributed by atoms with van der Waals surface area (Å²) >= 11 is 8.33. The van der Waals surface area contributed by atoms with E-state index in [0.29, 0.717) is 21.5 Å². The number of para-hydroxylation sites is 1. The van der Waals surface area contributed by atoms with Crippen LogP contribution < -0.4 is 25.6 Å². The molecule has 2 aromatic carbocycles. The molecule has 0 atom stereocenters. The molecule has 0 unspecified atom stereocenters. The maximum atomic E-state index is 12.3. The molecule has 0 saturated carbocycles. The van der Waals surface area contributed by atoms with Gasteiger partial charge in [0.25, 0.3) is 11.8 Å². The summed E-state index contributed by atoms with van der Waals surface area (Å²) in [7, 11) is 1.47. The fourth-order valence-corrected chi connectivity index (χ4v) is 2.89. The maximum Gasteiger partial charge on any atom is 0.276 e. The fourth-order valence-electron chi connectivity index (χ4n) is 2.39. The molecule has 0 saturated heterocycles. The number of methoxy groups -OCH3 is 1. The number of hydrogen-bond acceptors (Lipinski definition) is 5. The van der Waals surface area contributed by atoms with Gasteiger partial charge < -0.3 is 9.47 Å². The first kappa shape index (κ1) is 21.6. The van der Waals surface area contributed by atoms with Crippen LogP contribution >= 0.6 is 28.1 Å². The van der Waals surface area contributed by atoms with Crippen LogP contribution in [0.15, 0.2) is 40.9 Å². The van der Waals surface area contributed by atoms with Crippen molar-refractivity contribution in [2.24, 2.45) is 0 Å². The van der Waals surface area contributed by atoms with E-state index in [0.717, 1.165) is 11.1 Å². The summed E-state index contributed by atoms with van der Waals surface area (Å²) in [5, 5.41) is 2.41. The minimum absolute atomic E-state index is 0.0625. The first-order valence-corrected chi connectivity index (χ1v) is 9.44. The molecule has 2 amide bonds. The van der Waals surface area contributed by atoms with Gasteiger partial charge in [0.2, 0.25) is 0 Å². The second-order valence-electron chi connectivity index (χ2n) is 5.81. The highest BCUT2D eigenvalue weighted by atomic mass is 79.9.